The summed E-state index contributed by atoms with van der Waals surface area (Å²) in [6.45, 7) is 0. The number of nitrogens with zero attached hydrogens (tertiary/aromatic N) is 4. The Morgan fingerprint density at radius 1 is 1.22 bits per heavy atom. The lowest BCUT2D eigenvalue weighted by Gasteiger charge is -2.00. The zero-order chi connectivity index (χ0) is 15.6. The van der Waals surface area contributed by atoms with Crippen molar-refractivity contribution in [2.24, 2.45) is 7.05 Å². The summed E-state index contributed by atoms with van der Waals surface area (Å²) in [5.41, 5.74) is 0.876. The summed E-state index contributed by atoms with van der Waals surface area (Å²) in [6.07, 6.45) is 1.62. The fourth-order valence-electron chi connectivity index (χ4n) is 2.11. The van der Waals surface area contributed by atoms with E-state index in [1.807, 2.05) is 47.3 Å². The van der Waals surface area contributed by atoms with Gasteiger partial charge in [0.2, 0.25) is 0 Å². The van der Waals surface area contributed by atoms with Gasteiger partial charge in [0.25, 0.3) is 0 Å². The number of thiophene rings is 1. The van der Waals surface area contributed by atoms with E-state index in [2.05, 4.69) is 15.4 Å². The van der Waals surface area contributed by atoms with Crippen LogP contribution in [0, 0.1) is 0 Å². The van der Waals surface area contributed by atoms with Gasteiger partial charge in [-0.25, -0.2) is 0 Å². The molecule has 0 saturated carbocycles. The smallest absolute Gasteiger partial charge is 0.200 e. The molecule has 4 rings (SSSR count). The minimum absolute atomic E-state index is 0.666. The first kappa shape index (κ1) is 14.3. The molecular formula is C15H12N4O2S2. The van der Waals surface area contributed by atoms with Gasteiger partial charge in [-0.3, -0.25) is 0 Å². The third-order valence-corrected chi connectivity index (χ3v) is 5.19. The van der Waals surface area contributed by atoms with Crippen molar-refractivity contribution in [1.82, 2.24) is 19.9 Å². The van der Waals surface area contributed by atoms with E-state index >= 15 is 0 Å². The molecule has 4 aromatic rings. The van der Waals surface area contributed by atoms with Crippen molar-refractivity contribution in [2.75, 3.05) is 0 Å². The number of hydrogen-bond acceptors (Lipinski definition) is 7. The Labute approximate surface area is 140 Å². The number of furan rings is 1. The maximum absolute atomic E-state index is 5.38. The van der Waals surface area contributed by atoms with Crippen LogP contribution in [0.5, 0.6) is 0 Å². The second-order valence-corrected chi connectivity index (χ2v) is 6.68. The van der Waals surface area contributed by atoms with Crippen LogP contribution in [0.1, 0.15) is 5.69 Å². The van der Waals surface area contributed by atoms with E-state index in [1.165, 1.54) is 0 Å². The summed E-state index contributed by atoms with van der Waals surface area (Å²) in [4.78, 5) is 1.08. The standard InChI is InChI=1S/C15H12N4O2S2/c1-19-14(11-4-2-6-20-11)16-17-15(19)23-9-10-8-12(21-18-10)13-5-3-7-22-13/h2-8H,9H2,1H3. The first-order chi connectivity index (χ1) is 11.3. The molecule has 6 nitrogen and oxygen atoms in total. The van der Waals surface area contributed by atoms with E-state index in [1.54, 1.807) is 29.4 Å². The molecule has 4 aromatic heterocycles. The Hall–Kier alpha value is -2.32. The number of thioether (sulfide) groups is 1. The monoisotopic (exact) mass is 344 g/mol. The highest BCUT2D eigenvalue weighted by atomic mass is 32.2. The zero-order valence-corrected chi connectivity index (χ0v) is 13.8. The molecule has 0 radical (unpaired) electrons. The molecule has 0 aromatic carbocycles. The van der Waals surface area contributed by atoms with Crippen LogP contribution in [0.2, 0.25) is 0 Å². The van der Waals surface area contributed by atoms with Crippen molar-refractivity contribution < 1.29 is 8.94 Å². The summed E-state index contributed by atoms with van der Waals surface area (Å²) >= 11 is 3.19. The van der Waals surface area contributed by atoms with Crippen molar-refractivity contribution in [3.8, 4) is 22.2 Å². The van der Waals surface area contributed by atoms with E-state index in [-0.39, 0.29) is 0 Å². The summed E-state index contributed by atoms with van der Waals surface area (Å²) in [5.74, 6) is 2.87. The molecule has 0 aliphatic rings. The van der Waals surface area contributed by atoms with Crippen molar-refractivity contribution >= 4 is 23.1 Å². The summed E-state index contributed by atoms with van der Waals surface area (Å²) in [6, 6.07) is 9.66. The molecule has 4 heterocycles. The van der Waals surface area contributed by atoms with E-state index < -0.39 is 0 Å². The first-order valence-electron chi connectivity index (χ1n) is 6.87. The van der Waals surface area contributed by atoms with Crippen LogP contribution < -0.4 is 0 Å². The van der Waals surface area contributed by atoms with Crippen LogP contribution in [0.25, 0.3) is 22.2 Å². The molecule has 0 fully saturated rings. The minimum Gasteiger partial charge on any atom is -0.461 e. The van der Waals surface area contributed by atoms with Crippen LogP contribution in [0.3, 0.4) is 0 Å². The van der Waals surface area contributed by atoms with E-state index in [0.717, 1.165) is 21.5 Å². The highest BCUT2D eigenvalue weighted by Gasteiger charge is 2.14. The van der Waals surface area contributed by atoms with Crippen LogP contribution >= 0.6 is 23.1 Å². The van der Waals surface area contributed by atoms with Gasteiger partial charge < -0.3 is 13.5 Å². The predicted molar refractivity (Wildman–Crippen MR) is 88.1 cm³/mol. The molecule has 23 heavy (non-hydrogen) atoms. The molecule has 0 aliphatic heterocycles. The number of hydrogen-bond donors (Lipinski definition) is 0. The van der Waals surface area contributed by atoms with E-state index in [4.69, 9.17) is 8.94 Å². The first-order valence-corrected chi connectivity index (χ1v) is 8.73. The Balaban J connectivity index is 1.48. The second-order valence-electron chi connectivity index (χ2n) is 4.79. The van der Waals surface area contributed by atoms with Crippen molar-refractivity contribution in [3.63, 3.8) is 0 Å². The van der Waals surface area contributed by atoms with Crippen molar-refractivity contribution in [3.05, 3.63) is 47.7 Å². The van der Waals surface area contributed by atoms with Gasteiger partial charge in [0, 0.05) is 18.9 Å². The Kier molecular flexibility index (Phi) is 3.76. The molecule has 0 bridgehead atoms. The van der Waals surface area contributed by atoms with Gasteiger partial charge in [-0.1, -0.05) is 23.0 Å². The summed E-state index contributed by atoms with van der Waals surface area (Å²) in [7, 11) is 1.92. The molecule has 0 atom stereocenters. The van der Waals surface area contributed by atoms with Gasteiger partial charge in [0.15, 0.2) is 22.5 Å². The van der Waals surface area contributed by atoms with E-state index in [0.29, 0.717) is 17.3 Å². The maximum atomic E-state index is 5.38. The molecule has 0 aliphatic carbocycles. The topological polar surface area (TPSA) is 69.9 Å². The normalized spacial score (nSPS) is 11.2. The Bertz CT molecular complexity index is 894. The third kappa shape index (κ3) is 2.82. The maximum Gasteiger partial charge on any atom is 0.200 e. The molecule has 8 heteroatoms. The van der Waals surface area contributed by atoms with Gasteiger partial charge in [-0.15, -0.1) is 21.5 Å². The number of rotatable bonds is 5. The lowest BCUT2D eigenvalue weighted by molar-refractivity contribution is 0.427. The fourth-order valence-corrected chi connectivity index (χ4v) is 3.58. The van der Waals surface area contributed by atoms with Crippen LogP contribution in [0.4, 0.5) is 0 Å². The zero-order valence-electron chi connectivity index (χ0n) is 12.2. The molecule has 0 amide bonds. The van der Waals surface area contributed by atoms with Crippen molar-refractivity contribution in [1.29, 1.82) is 0 Å². The second kappa shape index (κ2) is 6.05. The quantitative estimate of drug-likeness (QED) is 0.508. The Morgan fingerprint density at radius 2 is 2.17 bits per heavy atom. The van der Waals surface area contributed by atoms with Gasteiger partial charge in [0.1, 0.15) is 0 Å². The van der Waals surface area contributed by atoms with Crippen LogP contribution in [-0.2, 0) is 12.8 Å². The molecule has 0 N–H and O–H groups in total. The highest BCUT2D eigenvalue weighted by Crippen LogP contribution is 2.28. The third-order valence-electron chi connectivity index (χ3n) is 3.25. The molecular weight excluding hydrogens is 332 g/mol. The Morgan fingerprint density at radius 3 is 2.96 bits per heavy atom. The van der Waals surface area contributed by atoms with Crippen molar-refractivity contribution in [2.45, 2.75) is 10.9 Å². The molecule has 0 saturated heterocycles. The molecule has 116 valence electrons. The fraction of sp³-hybridized carbons (Fsp3) is 0.133. The van der Waals surface area contributed by atoms with E-state index in [9.17, 15) is 0 Å². The predicted octanol–water partition coefficient (Wildman–Crippen LogP) is 4.08. The lowest BCUT2D eigenvalue weighted by Crippen LogP contribution is -1.94. The minimum atomic E-state index is 0.666. The summed E-state index contributed by atoms with van der Waals surface area (Å²) in [5, 5.41) is 15.3. The van der Waals surface area contributed by atoms with Gasteiger partial charge in [-0.2, -0.15) is 0 Å². The highest BCUT2D eigenvalue weighted by molar-refractivity contribution is 7.98. The lowest BCUT2D eigenvalue weighted by atomic mass is 10.3. The van der Waals surface area contributed by atoms with Crippen LogP contribution in [0.15, 0.2) is 56.1 Å². The average Bonchev–Trinajstić information content (AvgIpc) is 3.33. The molecule has 0 unspecified atom stereocenters. The SMILES string of the molecule is Cn1c(SCc2cc(-c3cccs3)on2)nnc1-c1ccco1. The summed E-state index contributed by atoms with van der Waals surface area (Å²) < 4.78 is 12.6. The van der Waals surface area contributed by atoms with Gasteiger partial charge in [-0.05, 0) is 23.6 Å². The molecule has 0 spiro atoms. The van der Waals surface area contributed by atoms with Gasteiger partial charge in [0.05, 0.1) is 16.8 Å². The van der Waals surface area contributed by atoms with Crippen LogP contribution in [-0.4, -0.2) is 19.9 Å². The van der Waals surface area contributed by atoms with Gasteiger partial charge >= 0.3 is 0 Å². The average molecular weight is 344 g/mol. The number of aromatic nitrogens is 4. The largest absolute Gasteiger partial charge is 0.461 e.